The molecule has 0 saturated heterocycles. The molecule has 0 aliphatic carbocycles. The molecule has 6 nitrogen and oxygen atoms in total. The highest BCUT2D eigenvalue weighted by Crippen LogP contribution is 2.42. The molecule has 0 saturated carbocycles. The van der Waals surface area contributed by atoms with Crippen molar-refractivity contribution in [3.63, 3.8) is 0 Å². The van der Waals surface area contributed by atoms with Crippen LogP contribution in [0.5, 0.6) is 11.5 Å². The van der Waals surface area contributed by atoms with Crippen molar-refractivity contribution in [2.45, 2.75) is 25.8 Å². The number of hydrogen-bond donors (Lipinski definition) is 1. The molecule has 32 heavy (non-hydrogen) atoms. The molecule has 0 bridgehead atoms. The smallest absolute Gasteiger partial charge is 0.258 e. The van der Waals surface area contributed by atoms with Crippen LogP contribution in [0.25, 0.3) is 0 Å². The molecule has 1 aromatic heterocycles. The number of pyridine rings is 1. The molecule has 2 N–H and O–H groups in total. The van der Waals surface area contributed by atoms with Crippen LogP contribution in [0.15, 0.2) is 75.3 Å². The Morgan fingerprint density at radius 1 is 1.22 bits per heavy atom. The minimum Gasteiger partial charge on any atom is -0.496 e. The minimum atomic E-state index is -0.637. The maximum absolute atomic E-state index is 13.7. The van der Waals surface area contributed by atoms with E-state index in [2.05, 4.69) is 22.0 Å². The Bertz CT molecular complexity index is 1310. The monoisotopic (exact) mass is 491 g/mol. The van der Waals surface area contributed by atoms with Crippen LogP contribution in [-0.4, -0.2) is 11.7 Å². The van der Waals surface area contributed by atoms with Crippen LogP contribution < -0.4 is 20.8 Å². The molecule has 7 heteroatoms. The highest BCUT2D eigenvalue weighted by Gasteiger charge is 2.34. The molecule has 4 rings (SSSR count). The van der Waals surface area contributed by atoms with Gasteiger partial charge in [0.1, 0.15) is 23.1 Å². The van der Waals surface area contributed by atoms with Gasteiger partial charge in [0.2, 0.25) is 5.88 Å². The van der Waals surface area contributed by atoms with Gasteiger partial charge >= 0.3 is 0 Å². The Hall–Kier alpha value is -3.50. The van der Waals surface area contributed by atoms with Gasteiger partial charge < -0.3 is 19.8 Å². The predicted molar refractivity (Wildman–Crippen MR) is 126 cm³/mol. The lowest BCUT2D eigenvalue weighted by atomic mass is 9.84. The summed E-state index contributed by atoms with van der Waals surface area (Å²) < 4.78 is 13.5. The zero-order chi connectivity index (χ0) is 22.8. The number of rotatable bonds is 5. The molecule has 0 fully saturated rings. The number of allylic oxidation sites excluding steroid dienone is 1. The van der Waals surface area contributed by atoms with E-state index in [1.807, 2.05) is 55.5 Å². The number of benzene rings is 2. The van der Waals surface area contributed by atoms with Gasteiger partial charge in [-0.3, -0.25) is 4.79 Å². The summed E-state index contributed by atoms with van der Waals surface area (Å²) in [6.45, 7) is 2.39. The van der Waals surface area contributed by atoms with E-state index in [4.69, 9.17) is 15.2 Å². The van der Waals surface area contributed by atoms with Crippen molar-refractivity contribution >= 4 is 15.9 Å². The molecule has 162 valence electrons. The lowest BCUT2D eigenvalue weighted by molar-refractivity contribution is 0.388. The zero-order valence-electron chi connectivity index (χ0n) is 17.8. The zero-order valence-corrected chi connectivity index (χ0v) is 19.3. The van der Waals surface area contributed by atoms with Crippen molar-refractivity contribution in [1.29, 1.82) is 5.26 Å². The first kappa shape index (κ1) is 21.7. The molecule has 1 atom stereocenters. The van der Waals surface area contributed by atoms with Crippen molar-refractivity contribution < 1.29 is 9.47 Å². The first-order valence-electron chi connectivity index (χ1n) is 10.1. The summed E-state index contributed by atoms with van der Waals surface area (Å²) >= 11 is 3.50. The topological polar surface area (TPSA) is 90.3 Å². The van der Waals surface area contributed by atoms with E-state index in [9.17, 15) is 10.1 Å². The van der Waals surface area contributed by atoms with E-state index in [1.54, 1.807) is 17.7 Å². The lowest BCUT2D eigenvalue weighted by Crippen LogP contribution is -2.33. The maximum atomic E-state index is 13.7. The number of halogens is 1. The fourth-order valence-corrected chi connectivity index (χ4v) is 4.60. The van der Waals surface area contributed by atoms with E-state index < -0.39 is 5.92 Å². The molecule has 1 aliphatic heterocycles. The third-order valence-corrected chi connectivity index (χ3v) is 6.29. The Kier molecular flexibility index (Phi) is 6.06. The predicted octanol–water partition coefficient (Wildman–Crippen LogP) is 4.39. The minimum absolute atomic E-state index is 0.0118. The van der Waals surface area contributed by atoms with Crippen LogP contribution in [0.2, 0.25) is 0 Å². The van der Waals surface area contributed by atoms with Gasteiger partial charge in [-0.1, -0.05) is 36.4 Å². The Morgan fingerprint density at radius 2 is 1.97 bits per heavy atom. The quantitative estimate of drug-likeness (QED) is 0.571. The van der Waals surface area contributed by atoms with E-state index in [1.165, 1.54) is 0 Å². The standard InChI is InChI=1S/C25H22BrN3O3/c1-15-12-21-23(25(30)29(15)11-10-16-6-4-3-5-7-16)22(18(14-27)24(28)32-21)17-8-9-20(31-2)19(26)13-17/h3-9,12-13,22H,10-11,28H2,1-2H3. The average Bonchev–Trinajstić information content (AvgIpc) is 2.78. The van der Waals surface area contributed by atoms with Crippen LogP contribution in [-0.2, 0) is 13.0 Å². The van der Waals surface area contributed by atoms with Crippen molar-refractivity contribution in [2.75, 3.05) is 7.11 Å². The van der Waals surface area contributed by atoms with Crippen molar-refractivity contribution in [1.82, 2.24) is 4.57 Å². The largest absolute Gasteiger partial charge is 0.496 e. The number of fused-ring (bicyclic) bond motifs is 1. The van der Waals surface area contributed by atoms with Gasteiger partial charge in [0, 0.05) is 18.3 Å². The first-order valence-corrected chi connectivity index (χ1v) is 10.9. The highest BCUT2D eigenvalue weighted by atomic mass is 79.9. The summed E-state index contributed by atoms with van der Waals surface area (Å²) in [5.74, 6) is 0.414. The van der Waals surface area contributed by atoms with Gasteiger partial charge in [0.15, 0.2) is 0 Å². The number of nitrogens with zero attached hydrogens (tertiary/aromatic N) is 2. The molecule has 0 spiro atoms. The lowest BCUT2D eigenvalue weighted by Gasteiger charge is -2.27. The van der Waals surface area contributed by atoms with E-state index >= 15 is 0 Å². The van der Waals surface area contributed by atoms with Crippen LogP contribution in [0.1, 0.15) is 28.3 Å². The number of aryl methyl sites for hydroxylation is 2. The second-order valence-corrected chi connectivity index (χ2v) is 8.43. The fraction of sp³-hybridized carbons (Fsp3) is 0.200. The Labute approximate surface area is 194 Å². The SMILES string of the molecule is COc1ccc(C2C(C#N)=C(N)Oc3cc(C)n(CCc4ccccc4)c(=O)c32)cc1Br. The summed E-state index contributed by atoms with van der Waals surface area (Å²) in [7, 11) is 1.58. The first-order chi connectivity index (χ1) is 15.4. The number of aromatic nitrogens is 1. The van der Waals surface area contributed by atoms with Crippen LogP contribution in [0, 0.1) is 18.3 Å². The third-order valence-electron chi connectivity index (χ3n) is 5.67. The summed E-state index contributed by atoms with van der Waals surface area (Å²) in [5, 5.41) is 9.84. The van der Waals surface area contributed by atoms with E-state index in [0.717, 1.165) is 21.3 Å². The van der Waals surface area contributed by atoms with Gasteiger partial charge in [-0.2, -0.15) is 5.26 Å². The van der Waals surface area contributed by atoms with Gasteiger partial charge in [0.05, 0.1) is 23.1 Å². The fourth-order valence-electron chi connectivity index (χ4n) is 4.05. The normalized spacial score (nSPS) is 15.0. The van der Waals surface area contributed by atoms with E-state index in [-0.39, 0.29) is 17.0 Å². The second kappa shape index (κ2) is 8.93. The molecule has 0 radical (unpaired) electrons. The number of methoxy groups -OCH3 is 1. The maximum Gasteiger partial charge on any atom is 0.258 e. The second-order valence-electron chi connectivity index (χ2n) is 7.57. The summed E-state index contributed by atoms with van der Waals surface area (Å²) in [4.78, 5) is 13.7. The molecule has 0 amide bonds. The summed E-state index contributed by atoms with van der Waals surface area (Å²) in [5.41, 5.74) is 9.19. The van der Waals surface area contributed by atoms with Crippen molar-refractivity contribution in [3.8, 4) is 17.6 Å². The third kappa shape index (κ3) is 3.90. The average molecular weight is 492 g/mol. The van der Waals surface area contributed by atoms with Crippen LogP contribution in [0.4, 0.5) is 0 Å². The number of hydrogen-bond acceptors (Lipinski definition) is 5. The van der Waals surface area contributed by atoms with Gasteiger partial charge in [-0.05, 0) is 52.5 Å². The van der Waals surface area contributed by atoms with Gasteiger partial charge in [0.25, 0.3) is 5.56 Å². The Morgan fingerprint density at radius 3 is 2.62 bits per heavy atom. The number of nitriles is 1. The molecule has 1 unspecified atom stereocenters. The van der Waals surface area contributed by atoms with Crippen LogP contribution in [0.3, 0.4) is 0 Å². The number of nitrogens with two attached hydrogens (primary N) is 1. The Balaban J connectivity index is 1.84. The molecule has 2 aromatic carbocycles. The number of ether oxygens (including phenoxy) is 2. The highest BCUT2D eigenvalue weighted by molar-refractivity contribution is 9.10. The molecule has 3 aromatic rings. The van der Waals surface area contributed by atoms with Crippen molar-refractivity contribution in [2.24, 2.45) is 5.73 Å². The molecular formula is C25H22BrN3O3. The van der Waals surface area contributed by atoms with Gasteiger partial charge in [-0.25, -0.2) is 0 Å². The molecule has 1 aliphatic rings. The molecule has 2 heterocycles. The van der Waals surface area contributed by atoms with Crippen LogP contribution >= 0.6 is 15.9 Å². The summed E-state index contributed by atoms with van der Waals surface area (Å²) in [6, 6.07) is 19.4. The van der Waals surface area contributed by atoms with Gasteiger partial charge in [-0.15, -0.1) is 0 Å². The molecular weight excluding hydrogens is 470 g/mol. The van der Waals surface area contributed by atoms with Crippen molar-refractivity contribution in [3.05, 3.63) is 103 Å². The summed E-state index contributed by atoms with van der Waals surface area (Å²) in [6.07, 6.45) is 0.711. The van der Waals surface area contributed by atoms with E-state index in [0.29, 0.717) is 30.0 Å².